The van der Waals surface area contributed by atoms with Gasteiger partial charge in [-0.1, -0.05) is 6.07 Å². The van der Waals surface area contributed by atoms with E-state index in [9.17, 15) is 26.4 Å². The van der Waals surface area contributed by atoms with Crippen molar-refractivity contribution in [3.8, 4) is 0 Å². The van der Waals surface area contributed by atoms with Gasteiger partial charge in [0.05, 0.1) is 10.5 Å². The fraction of sp³-hybridized carbons (Fsp3) is 0.312. The van der Waals surface area contributed by atoms with Gasteiger partial charge >= 0.3 is 6.18 Å². The van der Waals surface area contributed by atoms with Crippen LogP contribution in [0.2, 0.25) is 0 Å². The van der Waals surface area contributed by atoms with E-state index in [1.54, 1.807) is 6.07 Å². The highest BCUT2D eigenvalue weighted by Crippen LogP contribution is 2.31. The average Bonchev–Trinajstić information content (AvgIpc) is 3.07. The molecule has 1 fully saturated rings. The zero-order chi connectivity index (χ0) is 19.8. The Morgan fingerprint density at radius 3 is 2.30 bits per heavy atom. The molecule has 0 radical (unpaired) electrons. The van der Waals surface area contributed by atoms with E-state index >= 15 is 0 Å². The number of furan rings is 1. The topological polar surface area (TPSA) is 70.8 Å². The van der Waals surface area contributed by atoms with E-state index < -0.39 is 26.7 Å². The lowest BCUT2D eigenvalue weighted by atomic mass is 10.2. The smallest absolute Gasteiger partial charge is 0.416 e. The molecule has 1 aliphatic rings. The Morgan fingerprint density at radius 2 is 1.74 bits per heavy atom. The predicted octanol–water partition coefficient (Wildman–Crippen LogP) is 3.21. The molecule has 2 aromatic rings. The number of carbonyl (C=O) groups excluding carboxylic acids is 1. The molecule has 11 heteroatoms. The molecule has 6 nitrogen and oxygen atoms in total. The van der Waals surface area contributed by atoms with Crippen molar-refractivity contribution < 1.29 is 30.8 Å². The molecular weight excluding hydrogens is 453 g/mol. The third-order valence-electron chi connectivity index (χ3n) is 4.11. The number of alkyl halides is 3. The third kappa shape index (κ3) is 4.19. The summed E-state index contributed by atoms with van der Waals surface area (Å²) in [4.78, 5) is 13.3. The third-order valence-corrected chi connectivity index (χ3v) is 6.43. The number of rotatable bonds is 3. The summed E-state index contributed by atoms with van der Waals surface area (Å²) in [6.45, 7) is 0.170. The van der Waals surface area contributed by atoms with Crippen molar-refractivity contribution in [2.45, 2.75) is 11.1 Å². The quantitative estimate of drug-likeness (QED) is 0.696. The number of piperazine rings is 1. The summed E-state index contributed by atoms with van der Waals surface area (Å²) in [7, 11) is -4.09. The lowest BCUT2D eigenvalue weighted by molar-refractivity contribution is -0.137. The highest BCUT2D eigenvalue weighted by atomic mass is 79.9. The Balaban J connectivity index is 1.72. The van der Waals surface area contributed by atoms with E-state index in [1.165, 1.54) is 11.0 Å². The molecule has 1 saturated heterocycles. The van der Waals surface area contributed by atoms with Crippen molar-refractivity contribution in [1.29, 1.82) is 0 Å². The number of benzene rings is 1. The Labute approximate surface area is 161 Å². The minimum atomic E-state index is -4.63. The van der Waals surface area contributed by atoms with Gasteiger partial charge in [0.25, 0.3) is 5.91 Å². The molecular formula is C16H14BrF3N2O4S. The molecule has 0 N–H and O–H groups in total. The Kier molecular flexibility index (Phi) is 5.37. The fourth-order valence-corrected chi connectivity index (χ4v) is 4.47. The second-order valence-corrected chi connectivity index (χ2v) is 8.55. The average molecular weight is 467 g/mol. The minimum Gasteiger partial charge on any atom is -0.444 e. The van der Waals surface area contributed by atoms with Gasteiger partial charge in [-0.05, 0) is 46.3 Å². The van der Waals surface area contributed by atoms with Crippen molar-refractivity contribution in [3.63, 3.8) is 0 Å². The van der Waals surface area contributed by atoms with Gasteiger partial charge in [0, 0.05) is 26.2 Å². The van der Waals surface area contributed by atoms with Gasteiger partial charge in [-0.15, -0.1) is 0 Å². The van der Waals surface area contributed by atoms with E-state index in [4.69, 9.17) is 4.42 Å². The van der Waals surface area contributed by atoms with Gasteiger partial charge in [0.15, 0.2) is 10.4 Å². The van der Waals surface area contributed by atoms with Crippen molar-refractivity contribution in [2.75, 3.05) is 26.2 Å². The number of nitrogens with zero attached hydrogens (tertiary/aromatic N) is 2. The first kappa shape index (κ1) is 19.9. The van der Waals surface area contributed by atoms with E-state index in [-0.39, 0.29) is 37.8 Å². The molecule has 0 aliphatic carbocycles. The van der Waals surface area contributed by atoms with Crippen molar-refractivity contribution in [3.05, 3.63) is 52.4 Å². The Bertz CT molecular complexity index is 951. The van der Waals surface area contributed by atoms with E-state index in [0.29, 0.717) is 10.7 Å². The van der Waals surface area contributed by atoms with Gasteiger partial charge < -0.3 is 9.32 Å². The van der Waals surface area contributed by atoms with Crippen LogP contribution < -0.4 is 0 Å². The summed E-state index contributed by atoms with van der Waals surface area (Å²) in [6, 6.07) is 6.69. The summed E-state index contributed by atoms with van der Waals surface area (Å²) < 4.78 is 70.5. The highest BCUT2D eigenvalue weighted by molar-refractivity contribution is 9.10. The number of hydrogen-bond donors (Lipinski definition) is 0. The van der Waals surface area contributed by atoms with Crippen LogP contribution in [0.15, 0.2) is 50.4 Å². The van der Waals surface area contributed by atoms with E-state index in [2.05, 4.69) is 15.9 Å². The maximum atomic E-state index is 12.8. The van der Waals surface area contributed by atoms with Gasteiger partial charge in [0.1, 0.15) is 0 Å². The van der Waals surface area contributed by atoms with Gasteiger partial charge in [-0.25, -0.2) is 8.42 Å². The van der Waals surface area contributed by atoms with Crippen LogP contribution in [0, 0.1) is 0 Å². The van der Waals surface area contributed by atoms with Crippen LogP contribution in [-0.2, 0) is 16.2 Å². The van der Waals surface area contributed by atoms with Gasteiger partial charge in [-0.3, -0.25) is 4.79 Å². The molecule has 1 aromatic carbocycles. The number of carbonyl (C=O) groups is 1. The zero-order valence-electron chi connectivity index (χ0n) is 13.7. The Morgan fingerprint density at radius 1 is 1.07 bits per heavy atom. The molecule has 2 heterocycles. The monoisotopic (exact) mass is 466 g/mol. The number of sulfonamides is 1. The molecule has 0 spiro atoms. The molecule has 0 atom stereocenters. The summed E-state index contributed by atoms with van der Waals surface area (Å²) in [5, 5.41) is 0. The normalized spacial score (nSPS) is 16.5. The first-order valence-electron chi connectivity index (χ1n) is 7.81. The van der Waals surface area contributed by atoms with Crippen molar-refractivity contribution in [1.82, 2.24) is 9.21 Å². The maximum Gasteiger partial charge on any atom is 0.416 e. The zero-order valence-corrected chi connectivity index (χ0v) is 16.1. The minimum absolute atomic E-state index is 0.0216. The van der Waals surface area contributed by atoms with Crippen LogP contribution >= 0.6 is 15.9 Å². The molecule has 27 heavy (non-hydrogen) atoms. The summed E-state index contributed by atoms with van der Waals surface area (Å²) in [5.74, 6) is -0.257. The SMILES string of the molecule is O=C(c1ccc(Br)o1)N1CCN(S(=O)(=O)c2cccc(C(F)(F)F)c2)CC1. The van der Waals surface area contributed by atoms with Crippen LogP contribution in [0.3, 0.4) is 0 Å². The van der Waals surface area contributed by atoms with Crippen LogP contribution in [0.4, 0.5) is 13.2 Å². The molecule has 0 saturated carbocycles. The number of amides is 1. The largest absolute Gasteiger partial charge is 0.444 e. The maximum absolute atomic E-state index is 12.8. The first-order chi connectivity index (χ1) is 12.6. The summed E-state index contributed by atoms with van der Waals surface area (Å²) in [5.41, 5.74) is -1.03. The standard InChI is InChI=1S/C16H14BrF3N2O4S/c17-14-5-4-13(26-14)15(23)21-6-8-22(9-7-21)27(24,25)12-3-1-2-11(10-12)16(18,19)20/h1-5,10H,6-9H2. The fourth-order valence-electron chi connectivity index (χ4n) is 2.70. The number of hydrogen-bond acceptors (Lipinski definition) is 4. The van der Waals surface area contributed by atoms with Crippen LogP contribution in [0.25, 0.3) is 0 Å². The summed E-state index contributed by atoms with van der Waals surface area (Å²) >= 11 is 3.10. The van der Waals surface area contributed by atoms with Gasteiger partial charge in [-0.2, -0.15) is 17.5 Å². The second kappa shape index (κ2) is 7.28. The highest BCUT2D eigenvalue weighted by Gasteiger charge is 2.34. The molecule has 3 rings (SSSR count). The molecule has 0 unspecified atom stereocenters. The lowest BCUT2D eigenvalue weighted by Gasteiger charge is -2.33. The predicted molar refractivity (Wildman–Crippen MR) is 92.5 cm³/mol. The first-order valence-corrected chi connectivity index (χ1v) is 10.0. The Hall–Kier alpha value is -1.85. The molecule has 1 amide bonds. The van der Waals surface area contributed by atoms with Crippen molar-refractivity contribution >= 4 is 31.9 Å². The van der Waals surface area contributed by atoms with E-state index in [1.807, 2.05) is 0 Å². The number of halogens is 4. The molecule has 1 aliphatic heterocycles. The van der Waals surface area contributed by atoms with Crippen LogP contribution in [-0.4, -0.2) is 49.7 Å². The van der Waals surface area contributed by atoms with Crippen LogP contribution in [0.5, 0.6) is 0 Å². The second-order valence-electron chi connectivity index (χ2n) is 5.83. The summed E-state index contributed by atoms with van der Waals surface area (Å²) in [6.07, 6.45) is -4.63. The van der Waals surface area contributed by atoms with Gasteiger partial charge in [0.2, 0.25) is 10.0 Å². The van der Waals surface area contributed by atoms with E-state index in [0.717, 1.165) is 22.5 Å². The van der Waals surface area contributed by atoms with Crippen molar-refractivity contribution in [2.24, 2.45) is 0 Å². The lowest BCUT2D eigenvalue weighted by Crippen LogP contribution is -2.50. The molecule has 1 aromatic heterocycles. The molecule has 146 valence electrons. The van der Waals surface area contributed by atoms with Crippen LogP contribution in [0.1, 0.15) is 16.1 Å². The molecule has 0 bridgehead atoms.